The first kappa shape index (κ1) is 18.3. The molecule has 6 heteroatoms. The van der Waals surface area contributed by atoms with Gasteiger partial charge in [0.1, 0.15) is 5.75 Å². The molecule has 1 amide bonds. The van der Waals surface area contributed by atoms with Crippen LogP contribution < -0.4 is 10.1 Å². The zero-order valence-corrected chi connectivity index (χ0v) is 16.5. The molecule has 3 aliphatic rings. The Morgan fingerprint density at radius 1 is 1.19 bits per heavy atom. The summed E-state index contributed by atoms with van der Waals surface area (Å²) in [6.45, 7) is 4.57. The summed E-state index contributed by atoms with van der Waals surface area (Å²) in [5, 5.41) is 3.29. The highest BCUT2D eigenvalue weighted by Crippen LogP contribution is 2.32. The van der Waals surface area contributed by atoms with Crippen molar-refractivity contribution >= 4 is 17.7 Å². The van der Waals surface area contributed by atoms with Crippen LogP contribution in [0.4, 0.5) is 0 Å². The van der Waals surface area contributed by atoms with Gasteiger partial charge in [-0.1, -0.05) is 11.8 Å². The number of pyridine rings is 1. The van der Waals surface area contributed by atoms with E-state index in [-0.39, 0.29) is 11.9 Å². The first-order valence-electron chi connectivity index (χ1n) is 9.46. The number of benzene rings is 1. The Kier molecular flexibility index (Phi) is 5.36. The summed E-state index contributed by atoms with van der Waals surface area (Å²) in [6.07, 6.45) is 5.88. The molecule has 27 heavy (non-hydrogen) atoms. The molecule has 0 aliphatic carbocycles. The number of piperidine rings is 3. The van der Waals surface area contributed by atoms with E-state index in [1.807, 2.05) is 36.5 Å². The van der Waals surface area contributed by atoms with Crippen LogP contribution in [0.2, 0.25) is 0 Å². The maximum atomic E-state index is 12.7. The number of ether oxygens (including phenoxy) is 1. The van der Waals surface area contributed by atoms with Gasteiger partial charge in [0.2, 0.25) is 0 Å². The highest BCUT2D eigenvalue weighted by Gasteiger charge is 2.40. The number of aromatic nitrogens is 1. The van der Waals surface area contributed by atoms with Crippen molar-refractivity contribution in [3.05, 3.63) is 48.3 Å². The van der Waals surface area contributed by atoms with Crippen molar-refractivity contribution in [3.63, 3.8) is 0 Å². The minimum Gasteiger partial charge on any atom is -0.495 e. The van der Waals surface area contributed by atoms with Crippen LogP contribution in [0.5, 0.6) is 5.75 Å². The summed E-state index contributed by atoms with van der Waals surface area (Å²) in [6, 6.07) is 10.4. The number of hydrogen-bond acceptors (Lipinski definition) is 5. The van der Waals surface area contributed by atoms with Gasteiger partial charge in [0, 0.05) is 33.6 Å². The van der Waals surface area contributed by atoms with Crippen LogP contribution in [0.25, 0.3) is 0 Å². The highest BCUT2D eigenvalue weighted by atomic mass is 32.2. The third-order valence-corrected chi connectivity index (χ3v) is 6.72. The van der Waals surface area contributed by atoms with Crippen molar-refractivity contribution in [2.75, 3.05) is 20.2 Å². The predicted molar refractivity (Wildman–Crippen MR) is 106 cm³/mol. The lowest BCUT2D eigenvalue weighted by atomic mass is 9.79. The number of fused-ring (bicyclic) bond motifs is 3. The van der Waals surface area contributed by atoms with Gasteiger partial charge in [-0.15, -0.1) is 0 Å². The van der Waals surface area contributed by atoms with E-state index in [1.54, 1.807) is 25.1 Å². The van der Waals surface area contributed by atoms with Crippen molar-refractivity contribution < 1.29 is 9.53 Å². The molecule has 2 atom stereocenters. The fourth-order valence-electron chi connectivity index (χ4n) is 4.16. The lowest BCUT2D eigenvalue weighted by molar-refractivity contribution is 0.0217. The minimum absolute atomic E-state index is 0.0280. The predicted octanol–water partition coefficient (Wildman–Crippen LogP) is 3.45. The van der Waals surface area contributed by atoms with E-state index in [9.17, 15) is 4.79 Å². The minimum atomic E-state index is 0.0280. The number of nitrogens with one attached hydrogen (secondary N) is 1. The second-order valence-electron chi connectivity index (χ2n) is 7.30. The molecule has 3 fully saturated rings. The number of hydrogen-bond donors (Lipinski definition) is 1. The first-order chi connectivity index (χ1) is 13.1. The molecule has 2 unspecified atom stereocenters. The van der Waals surface area contributed by atoms with Gasteiger partial charge < -0.3 is 10.1 Å². The molecule has 3 saturated heterocycles. The number of carbonyl (C=O) groups is 1. The summed E-state index contributed by atoms with van der Waals surface area (Å²) >= 11 is 1.60. The summed E-state index contributed by atoms with van der Waals surface area (Å²) < 4.78 is 5.21. The van der Waals surface area contributed by atoms with E-state index in [1.165, 1.54) is 25.9 Å². The van der Waals surface area contributed by atoms with Crippen LogP contribution in [0.1, 0.15) is 30.1 Å². The van der Waals surface area contributed by atoms with E-state index in [2.05, 4.69) is 22.1 Å². The van der Waals surface area contributed by atoms with Gasteiger partial charge in [0.15, 0.2) is 0 Å². The van der Waals surface area contributed by atoms with Gasteiger partial charge in [-0.25, -0.2) is 0 Å². The quantitative estimate of drug-likeness (QED) is 0.857. The van der Waals surface area contributed by atoms with Crippen LogP contribution in [0.15, 0.2) is 52.5 Å². The van der Waals surface area contributed by atoms with Crippen LogP contribution in [0.3, 0.4) is 0 Å². The number of rotatable bonds is 5. The van der Waals surface area contributed by atoms with Crippen LogP contribution in [0, 0.1) is 5.92 Å². The Morgan fingerprint density at radius 3 is 2.59 bits per heavy atom. The molecule has 5 nitrogen and oxygen atoms in total. The third-order valence-electron chi connectivity index (χ3n) is 5.75. The summed E-state index contributed by atoms with van der Waals surface area (Å²) in [4.78, 5) is 21.5. The standard InChI is InChI=1S/C21H25N3O2S/c1-14-20(15-7-9-24(14)10-8-15)23-21(25)16-3-5-18(6-4-16)27-19-11-17(26-2)12-22-13-19/h3-6,11-15,20H,7-10H2,1-2H3,(H,23,25). The van der Waals surface area contributed by atoms with E-state index < -0.39 is 0 Å². The molecule has 3 aliphatic heterocycles. The Hall–Kier alpha value is -2.05. The van der Waals surface area contributed by atoms with Crippen molar-refractivity contribution in [1.29, 1.82) is 0 Å². The van der Waals surface area contributed by atoms with Crippen LogP contribution in [-0.4, -0.2) is 48.1 Å². The van der Waals surface area contributed by atoms with Crippen molar-refractivity contribution in [2.45, 2.75) is 41.6 Å². The van der Waals surface area contributed by atoms with Gasteiger partial charge >= 0.3 is 0 Å². The van der Waals surface area contributed by atoms with Crippen molar-refractivity contribution in [2.24, 2.45) is 5.92 Å². The fourth-order valence-corrected chi connectivity index (χ4v) is 4.99. The Morgan fingerprint density at radius 2 is 1.93 bits per heavy atom. The molecular formula is C21H25N3O2S. The topological polar surface area (TPSA) is 54.5 Å². The highest BCUT2D eigenvalue weighted by molar-refractivity contribution is 7.99. The number of amides is 1. The average Bonchev–Trinajstić information content (AvgIpc) is 2.71. The van der Waals surface area contributed by atoms with Crippen LogP contribution >= 0.6 is 11.8 Å². The van der Waals surface area contributed by atoms with Gasteiger partial charge in [-0.05, 0) is 69.1 Å². The SMILES string of the molecule is COc1cncc(Sc2ccc(C(=O)NC3C4CCN(CC4)C3C)cc2)c1. The lowest BCUT2D eigenvalue weighted by Crippen LogP contribution is -2.62. The smallest absolute Gasteiger partial charge is 0.251 e. The second-order valence-corrected chi connectivity index (χ2v) is 8.45. The molecule has 0 spiro atoms. The monoisotopic (exact) mass is 383 g/mol. The molecule has 0 saturated carbocycles. The fraction of sp³-hybridized carbons (Fsp3) is 0.429. The first-order valence-corrected chi connectivity index (χ1v) is 10.3. The van der Waals surface area contributed by atoms with Gasteiger partial charge in [-0.3, -0.25) is 14.7 Å². The van der Waals surface area contributed by atoms with Gasteiger partial charge in [0.05, 0.1) is 13.3 Å². The summed E-state index contributed by atoms with van der Waals surface area (Å²) in [7, 11) is 1.63. The van der Waals surface area contributed by atoms with Crippen LogP contribution in [-0.2, 0) is 0 Å². The molecule has 142 valence electrons. The second kappa shape index (κ2) is 7.90. The molecule has 5 rings (SSSR count). The van der Waals surface area contributed by atoms with Crippen molar-refractivity contribution in [3.8, 4) is 5.75 Å². The number of methoxy groups -OCH3 is 1. The molecule has 1 aromatic heterocycles. The molecule has 2 aromatic rings. The largest absolute Gasteiger partial charge is 0.495 e. The Labute approximate surface area is 164 Å². The summed E-state index contributed by atoms with van der Waals surface area (Å²) in [5.74, 6) is 1.38. The molecule has 1 aromatic carbocycles. The maximum Gasteiger partial charge on any atom is 0.251 e. The number of carbonyl (C=O) groups excluding carboxylic acids is 1. The molecule has 4 heterocycles. The average molecular weight is 384 g/mol. The van der Waals surface area contributed by atoms with E-state index >= 15 is 0 Å². The molecule has 1 N–H and O–H groups in total. The third kappa shape index (κ3) is 3.96. The van der Waals surface area contributed by atoms with E-state index in [0.29, 0.717) is 17.5 Å². The van der Waals surface area contributed by atoms with E-state index in [4.69, 9.17) is 4.74 Å². The zero-order chi connectivity index (χ0) is 18.8. The summed E-state index contributed by atoms with van der Waals surface area (Å²) in [5.41, 5.74) is 0.715. The van der Waals surface area contributed by atoms with Crippen molar-refractivity contribution in [1.82, 2.24) is 15.2 Å². The lowest BCUT2D eigenvalue weighted by Gasteiger charge is -2.49. The normalized spacial score (nSPS) is 26.6. The van der Waals surface area contributed by atoms with Gasteiger partial charge in [-0.2, -0.15) is 0 Å². The van der Waals surface area contributed by atoms with E-state index in [0.717, 1.165) is 15.5 Å². The molecular weight excluding hydrogens is 358 g/mol. The number of nitrogens with zero attached hydrogens (tertiary/aromatic N) is 2. The Balaban J connectivity index is 1.40. The van der Waals surface area contributed by atoms with Gasteiger partial charge in [0.25, 0.3) is 5.91 Å². The maximum absolute atomic E-state index is 12.7. The molecule has 2 bridgehead atoms. The Bertz CT molecular complexity index is 801. The zero-order valence-electron chi connectivity index (χ0n) is 15.7. The molecule has 0 radical (unpaired) electrons.